The predicted molar refractivity (Wildman–Crippen MR) is 143 cm³/mol. The molecule has 1 fully saturated rings. The predicted octanol–water partition coefficient (Wildman–Crippen LogP) is 4.52. The molecular formula is C26H23ClF3N5O3S. The van der Waals surface area contributed by atoms with E-state index in [4.69, 9.17) is 16.3 Å². The van der Waals surface area contributed by atoms with Crippen LogP contribution < -0.4 is 0 Å². The number of benzene rings is 2. The normalized spacial score (nSPS) is 17.4. The van der Waals surface area contributed by atoms with E-state index >= 15 is 0 Å². The lowest BCUT2D eigenvalue weighted by molar-refractivity contribution is -0.138. The molecule has 39 heavy (non-hydrogen) atoms. The van der Waals surface area contributed by atoms with Crippen LogP contribution in [0.25, 0.3) is 17.0 Å². The molecule has 2 aliphatic heterocycles. The van der Waals surface area contributed by atoms with Gasteiger partial charge < -0.3 is 14.5 Å². The van der Waals surface area contributed by atoms with Gasteiger partial charge in [0.25, 0.3) is 5.91 Å². The largest absolute Gasteiger partial charge is 0.416 e. The van der Waals surface area contributed by atoms with Gasteiger partial charge in [0.1, 0.15) is 6.61 Å². The topological polar surface area (TPSA) is 80.0 Å². The maximum Gasteiger partial charge on any atom is 0.416 e. The molecule has 2 aliphatic rings. The van der Waals surface area contributed by atoms with E-state index in [-0.39, 0.29) is 35.6 Å². The summed E-state index contributed by atoms with van der Waals surface area (Å²) in [6.07, 6.45) is -1.22. The monoisotopic (exact) mass is 577 g/mol. The van der Waals surface area contributed by atoms with Crippen LogP contribution in [0.4, 0.5) is 13.2 Å². The number of amides is 2. The first kappa shape index (κ1) is 27.2. The number of carbonyl (C=O) groups is 2. The van der Waals surface area contributed by atoms with Crippen LogP contribution in [-0.2, 0) is 27.0 Å². The number of aromatic nitrogens is 2. The van der Waals surface area contributed by atoms with Crippen molar-refractivity contribution in [1.82, 2.24) is 19.6 Å². The smallest absolute Gasteiger partial charge is 0.375 e. The van der Waals surface area contributed by atoms with E-state index in [9.17, 15) is 22.8 Å². The first-order chi connectivity index (χ1) is 18.6. The maximum atomic E-state index is 13.5. The summed E-state index contributed by atoms with van der Waals surface area (Å²) in [5.74, 6) is -0.409. The third kappa shape index (κ3) is 5.97. The van der Waals surface area contributed by atoms with Crippen molar-refractivity contribution < 1.29 is 27.5 Å². The number of thioether (sulfide) groups is 1. The minimum Gasteiger partial charge on any atom is -0.375 e. The highest BCUT2D eigenvalue weighted by Crippen LogP contribution is 2.35. The number of aliphatic imine (C=N–C) groups is 1. The van der Waals surface area contributed by atoms with Crippen molar-refractivity contribution in [1.29, 1.82) is 0 Å². The van der Waals surface area contributed by atoms with Gasteiger partial charge in [-0.15, -0.1) is 0 Å². The fourth-order valence-electron chi connectivity index (χ4n) is 4.48. The molecule has 13 heteroatoms. The van der Waals surface area contributed by atoms with E-state index < -0.39 is 11.7 Å². The third-order valence-electron chi connectivity index (χ3n) is 6.44. The zero-order valence-electron chi connectivity index (χ0n) is 20.7. The molecule has 3 heterocycles. The molecule has 0 saturated carbocycles. The number of halogens is 4. The molecule has 2 aromatic carbocycles. The molecule has 0 aliphatic carbocycles. The number of amidine groups is 1. The summed E-state index contributed by atoms with van der Waals surface area (Å²) in [6, 6.07) is 9.07. The number of hydrogen-bond donors (Lipinski definition) is 0. The van der Waals surface area contributed by atoms with Crippen LogP contribution in [0.5, 0.6) is 0 Å². The Morgan fingerprint density at radius 2 is 1.92 bits per heavy atom. The summed E-state index contributed by atoms with van der Waals surface area (Å²) in [5.41, 5.74) is 0.662. The van der Waals surface area contributed by atoms with Gasteiger partial charge in [0.2, 0.25) is 5.91 Å². The molecule has 204 valence electrons. The standard InChI is InChI=1S/C26H23ClF3N5O3S/c1-38-15-23(36)33-6-8-34(9-7-33)25-32-24(37)22(39-25)11-16-2-5-21-18(10-16)13-31-35(21)14-17-3-4-19(27)12-20(17)26(28,29)30/h2-5,10-13H,6-9,14-15H2,1H3. The van der Waals surface area contributed by atoms with E-state index in [1.54, 1.807) is 29.3 Å². The lowest BCUT2D eigenvalue weighted by atomic mass is 10.1. The maximum absolute atomic E-state index is 13.5. The number of hydrogen-bond acceptors (Lipinski definition) is 6. The minimum atomic E-state index is -4.54. The number of carbonyl (C=O) groups excluding carboxylic acids is 2. The van der Waals surface area contributed by atoms with Crippen LogP contribution in [0.1, 0.15) is 16.7 Å². The van der Waals surface area contributed by atoms with Gasteiger partial charge >= 0.3 is 6.18 Å². The van der Waals surface area contributed by atoms with Crippen LogP contribution in [0.3, 0.4) is 0 Å². The number of alkyl halides is 3. The molecule has 1 aromatic heterocycles. The number of methoxy groups -OCH3 is 1. The second-order valence-electron chi connectivity index (χ2n) is 9.03. The summed E-state index contributed by atoms with van der Waals surface area (Å²) in [5, 5.41) is 5.62. The fourth-order valence-corrected chi connectivity index (χ4v) is 5.62. The van der Waals surface area contributed by atoms with Gasteiger partial charge in [-0.05, 0) is 53.2 Å². The van der Waals surface area contributed by atoms with E-state index in [2.05, 4.69) is 10.1 Å². The van der Waals surface area contributed by atoms with Gasteiger partial charge in [0, 0.05) is 43.7 Å². The molecule has 8 nitrogen and oxygen atoms in total. The van der Waals surface area contributed by atoms with Crippen molar-refractivity contribution in [2.45, 2.75) is 12.7 Å². The zero-order chi connectivity index (χ0) is 27.7. The number of nitrogens with zero attached hydrogens (tertiary/aromatic N) is 5. The van der Waals surface area contributed by atoms with Gasteiger partial charge in [-0.1, -0.05) is 23.7 Å². The van der Waals surface area contributed by atoms with Crippen LogP contribution in [0, 0.1) is 0 Å². The van der Waals surface area contributed by atoms with Gasteiger partial charge in [0.05, 0.1) is 28.7 Å². The highest BCUT2D eigenvalue weighted by molar-refractivity contribution is 8.18. The lowest BCUT2D eigenvalue weighted by Gasteiger charge is -2.35. The summed E-state index contributed by atoms with van der Waals surface area (Å²) < 4.78 is 47.0. The Hall–Kier alpha value is -3.35. The number of rotatable bonds is 5. The quantitative estimate of drug-likeness (QED) is 0.415. The van der Waals surface area contributed by atoms with E-state index in [0.29, 0.717) is 41.8 Å². The number of ether oxygens (including phenoxy) is 1. The SMILES string of the molecule is COCC(=O)N1CCN(C2=NC(=O)C(=Cc3ccc4c(cnn4Cc4ccc(Cl)cc4C(F)(F)F)c3)S2)CC1. The molecule has 0 bridgehead atoms. The highest BCUT2D eigenvalue weighted by Gasteiger charge is 2.34. The molecule has 5 rings (SSSR count). The minimum absolute atomic E-state index is 0.0139. The van der Waals surface area contributed by atoms with Gasteiger partial charge in [-0.25, -0.2) is 0 Å². The molecule has 2 amide bonds. The van der Waals surface area contributed by atoms with Crippen molar-refractivity contribution in [2.24, 2.45) is 4.99 Å². The van der Waals surface area contributed by atoms with Gasteiger partial charge in [-0.2, -0.15) is 23.3 Å². The highest BCUT2D eigenvalue weighted by atomic mass is 35.5. The fraction of sp³-hybridized carbons (Fsp3) is 0.308. The zero-order valence-corrected chi connectivity index (χ0v) is 22.3. The second-order valence-corrected chi connectivity index (χ2v) is 10.5. The van der Waals surface area contributed by atoms with Crippen molar-refractivity contribution in [3.63, 3.8) is 0 Å². The third-order valence-corrected chi connectivity index (χ3v) is 7.72. The van der Waals surface area contributed by atoms with E-state index in [1.807, 2.05) is 11.0 Å². The first-order valence-corrected chi connectivity index (χ1v) is 13.2. The van der Waals surface area contributed by atoms with Crippen molar-refractivity contribution in [3.05, 3.63) is 69.2 Å². The molecule has 3 aromatic rings. The number of piperazine rings is 1. The molecular weight excluding hydrogens is 555 g/mol. The molecule has 0 spiro atoms. The first-order valence-electron chi connectivity index (χ1n) is 12.0. The average molecular weight is 578 g/mol. The van der Waals surface area contributed by atoms with Crippen LogP contribution >= 0.6 is 23.4 Å². The summed E-state index contributed by atoms with van der Waals surface area (Å²) >= 11 is 7.07. The molecule has 1 saturated heterocycles. The lowest BCUT2D eigenvalue weighted by Crippen LogP contribution is -2.50. The van der Waals surface area contributed by atoms with Crippen LogP contribution in [0.2, 0.25) is 5.02 Å². The van der Waals surface area contributed by atoms with Crippen molar-refractivity contribution in [2.75, 3.05) is 39.9 Å². The summed E-state index contributed by atoms with van der Waals surface area (Å²) in [6.45, 7) is 2.14. The van der Waals surface area contributed by atoms with Crippen molar-refractivity contribution >= 4 is 57.3 Å². The van der Waals surface area contributed by atoms with Crippen molar-refractivity contribution in [3.8, 4) is 0 Å². The van der Waals surface area contributed by atoms with Crippen LogP contribution in [-0.4, -0.2) is 76.5 Å². The second kappa shape index (κ2) is 11.0. The van der Waals surface area contributed by atoms with Crippen LogP contribution in [0.15, 0.2) is 52.5 Å². The summed E-state index contributed by atoms with van der Waals surface area (Å²) in [7, 11) is 1.48. The van der Waals surface area contributed by atoms with E-state index in [0.717, 1.165) is 17.0 Å². The Balaban J connectivity index is 1.28. The Labute approximate surface area is 231 Å². The summed E-state index contributed by atoms with van der Waals surface area (Å²) in [4.78, 5) is 33.0. The molecule has 0 N–H and O–H groups in total. The molecule has 0 unspecified atom stereocenters. The van der Waals surface area contributed by atoms with Gasteiger partial charge in [-0.3, -0.25) is 14.3 Å². The Bertz CT molecular complexity index is 1500. The Morgan fingerprint density at radius 3 is 2.64 bits per heavy atom. The number of fused-ring (bicyclic) bond motifs is 1. The Morgan fingerprint density at radius 1 is 1.15 bits per heavy atom. The van der Waals surface area contributed by atoms with Gasteiger partial charge in [0.15, 0.2) is 5.17 Å². The molecule has 0 atom stereocenters. The average Bonchev–Trinajstić information content (AvgIpc) is 3.47. The molecule has 0 radical (unpaired) electrons. The van der Waals surface area contributed by atoms with E-state index in [1.165, 1.54) is 35.7 Å². The Kier molecular flexibility index (Phi) is 7.70.